The molecule has 31 heavy (non-hydrogen) atoms. The summed E-state index contributed by atoms with van der Waals surface area (Å²) in [4.78, 5) is 29.5. The Kier molecular flexibility index (Phi) is 10.3. The van der Waals surface area contributed by atoms with Crippen LogP contribution in [0.3, 0.4) is 0 Å². The Balaban J connectivity index is 0.00000341. The zero-order chi connectivity index (χ0) is 21.2. The number of unbranched alkanes of at least 4 members (excludes halogenated alkanes) is 3. The molecule has 0 radical (unpaired) electrons. The van der Waals surface area contributed by atoms with Gasteiger partial charge in [0.15, 0.2) is 0 Å². The van der Waals surface area contributed by atoms with Crippen molar-refractivity contribution in [3.8, 4) is 17.0 Å². The molecular formula is C23H24N3NaO4. The van der Waals surface area contributed by atoms with Crippen molar-refractivity contribution in [1.29, 1.82) is 0 Å². The first-order valence-electron chi connectivity index (χ1n) is 9.97. The Morgan fingerprint density at radius 2 is 1.71 bits per heavy atom. The van der Waals surface area contributed by atoms with Gasteiger partial charge in [0, 0.05) is 23.3 Å². The van der Waals surface area contributed by atoms with E-state index in [2.05, 4.69) is 15.3 Å². The molecule has 0 atom stereocenters. The second kappa shape index (κ2) is 12.9. The SMILES string of the molecule is O=C([O-])CCCCCCOc1ccc(Nc2nc(-c3ccccc3)cc(=O)[nH]2)cc1.[Na+]. The van der Waals surface area contributed by atoms with Gasteiger partial charge in [-0.25, -0.2) is 4.98 Å². The fraction of sp³-hybridized carbons (Fsp3) is 0.261. The number of ether oxygens (including phenoxy) is 1. The van der Waals surface area contributed by atoms with Crippen LogP contribution in [0.15, 0.2) is 65.5 Å². The predicted molar refractivity (Wildman–Crippen MR) is 114 cm³/mol. The van der Waals surface area contributed by atoms with Crippen LogP contribution in [0.5, 0.6) is 5.75 Å². The number of benzene rings is 2. The number of nitrogens with zero attached hydrogens (tertiary/aromatic N) is 1. The van der Waals surface area contributed by atoms with E-state index < -0.39 is 5.97 Å². The quantitative estimate of drug-likeness (QED) is 0.335. The standard InChI is InChI=1S/C23H25N3O4.Na/c27-21-16-20(17-8-4-3-5-9-17)25-23(26-21)24-18-11-13-19(14-12-18)30-15-7-2-1-6-10-22(28)29;/h3-5,8-9,11-14,16H,1-2,6-7,10,15H2,(H,28,29)(H2,24,25,26,27);/q;+1/p-1. The number of aromatic nitrogens is 2. The minimum atomic E-state index is -0.994. The Morgan fingerprint density at radius 3 is 2.42 bits per heavy atom. The number of anilines is 2. The van der Waals surface area contributed by atoms with E-state index in [0.717, 1.165) is 36.3 Å². The molecule has 0 aliphatic rings. The number of hydrogen-bond donors (Lipinski definition) is 2. The first kappa shape index (κ1) is 24.7. The maximum atomic E-state index is 12.0. The minimum Gasteiger partial charge on any atom is -0.550 e. The number of aliphatic carboxylic acids is 1. The van der Waals surface area contributed by atoms with E-state index in [1.54, 1.807) is 0 Å². The van der Waals surface area contributed by atoms with Gasteiger partial charge >= 0.3 is 29.6 Å². The largest absolute Gasteiger partial charge is 1.00 e. The van der Waals surface area contributed by atoms with Crippen molar-refractivity contribution >= 4 is 17.6 Å². The van der Waals surface area contributed by atoms with Crippen molar-refractivity contribution in [1.82, 2.24) is 9.97 Å². The van der Waals surface area contributed by atoms with Crippen LogP contribution in [0.1, 0.15) is 32.1 Å². The van der Waals surface area contributed by atoms with Gasteiger partial charge < -0.3 is 20.0 Å². The number of rotatable bonds is 11. The van der Waals surface area contributed by atoms with Gasteiger partial charge in [-0.2, -0.15) is 0 Å². The smallest absolute Gasteiger partial charge is 0.550 e. The predicted octanol–water partition coefficient (Wildman–Crippen LogP) is 0.264. The number of carboxylic acid groups (broad SMARTS) is 1. The van der Waals surface area contributed by atoms with Crippen molar-refractivity contribution in [2.24, 2.45) is 0 Å². The van der Waals surface area contributed by atoms with Crippen molar-refractivity contribution < 1.29 is 44.2 Å². The molecule has 2 aromatic carbocycles. The monoisotopic (exact) mass is 429 g/mol. The summed E-state index contributed by atoms with van der Waals surface area (Å²) >= 11 is 0. The molecule has 0 bridgehead atoms. The minimum absolute atomic E-state index is 0. The van der Waals surface area contributed by atoms with Crippen molar-refractivity contribution in [3.63, 3.8) is 0 Å². The Labute approximate surface area is 203 Å². The Bertz CT molecular complexity index is 1010. The molecule has 3 aromatic rings. The van der Waals surface area contributed by atoms with E-state index in [0.29, 0.717) is 24.7 Å². The molecule has 0 saturated heterocycles. The third kappa shape index (κ3) is 8.57. The van der Waals surface area contributed by atoms with Gasteiger partial charge in [-0.1, -0.05) is 43.2 Å². The summed E-state index contributed by atoms with van der Waals surface area (Å²) in [6.07, 6.45) is 3.40. The molecule has 0 fully saturated rings. The third-order valence-corrected chi connectivity index (χ3v) is 4.47. The summed E-state index contributed by atoms with van der Waals surface area (Å²) in [6, 6.07) is 18.4. The molecule has 156 valence electrons. The number of nitrogens with one attached hydrogen (secondary N) is 2. The summed E-state index contributed by atoms with van der Waals surface area (Å²) in [6.45, 7) is 0.575. The van der Waals surface area contributed by atoms with Crippen LogP contribution in [-0.4, -0.2) is 22.5 Å². The second-order valence-electron chi connectivity index (χ2n) is 6.88. The molecule has 1 heterocycles. The molecule has 0 amide bonds. The first-order valence-corrected chi connectivity index (χ1v) is 9.97. The molecule has 8 heteroatoms. The molecule has 0 aliphatic heterocycles. The molecule has 0 aliphatic carbocycles. The van der Waals surface area contributed by atoms with Gasteiger partial charge in [0.2, 0.25) is 5.95 Å². The van der Waals surface area contributed by atoms with E-state index in [4.69, 9.17) is 4.74 Å². The van der Waals surface area contributed by atoms with E-state index in [-0.39, 0.29) is 41.5 Å². The van der Waals surface area contributed by atoms with Crippen molar-refractivity contribution in [3.05, 3.63) is 71.0 Å². The zero-order valence-corrected chi connectivity index (χ0v) is 19.6. The summed E-state index contributed by atoms with van der Waals surface area (Å²) in [5.74, 6) is 0.118. The van der Waals surface area contributed by atoms with Crippen LogP contribution in [0.25, 0.3) is 11.3 Å². The van der Waals surface area contributed by atoms with E-state index in [1.807, 2.05) is 54.6 Å². The van der Waals surface area contributed by atoms with Crippen LogP contribution in [-0.2, 0) is 4.79 Å². The zero-order valence-electron chi connectivity index (χ0n) is 17.6. The Morgan fingerprint density at radius 1 is 1.00 bits per heavy atom. The normalized spacial score (nSPS) is 10.2. The number of carbonyl (C=O) groups excluding carboxylic acids is 1. The number of aromatic amines is 1. The molecule has 1 aromatic heterocycles. The first-order chi connectivity index (χ1) is 14.6. The number of hydrogen-bond acceptors (Lipinski definition) is 6. The van der Waals surface area contributed by atoms with Crippen LogP contribution in [0.4, 0.5) is 11.6 Å². The van der Waals surface area contributed by atoms with Gasteiger partial charge in [-0.15, -0.1) is 0 Å². The summed E-state index contributed by atoms with van der Waals surface area (Å²) in [7, 11) is 0. The van der Waals surface area contributed by atoms with Gasteiger partial charge in [-0.3, -0.25) is 9.78 Å². The number of H-pyrrole nitrogens is 1. The maximum Gasteiger partial charge on any atom is 1.00 e. The average Bonchev–Trinajstić information content (AvgIpc) is 2.74. The molecule has 3 rings (SSSR count). The topological polar surface area (TPSA) is 107 Å². The van der Waals surface area contributed by atoms with Gasteiger partial charge in [0.05, 0.1) is 12.3 Å². The molecule has 2 N–H and O–H groups in total. The van der Waals surface area contributed by atoms with Crippen molar-refractivity contribution in [2.45, 2.75) is 32.1 Å². The Hall–Kier alpha value is -2.61. The van der Waals surface area contributed by atoms with Crippen LogP contribution in [0.2, 0.25) is 0 Å². The van der Waals surface area contributed by atoms with Gasteiger partial charge in [0.25, 0.3) is 5.56 Å². The maximum absolute atomic E-state index is 12.0. The molecule has 0 spiro atoms. The third-order valence-electron chi connectivity index (χ3n) is 4.47. The van der Waals surface area contributed by atoms with E-state index in [1.165, 1.54) is 6.07 Å². The summed E-state index contributed by atoms with van der Waals surface area (Å²) in [5, 5.41) is 13.5. The number of carbonyl (C=O) groups is 1. The fourth-order valence-electron chi connectivity index (χ4n) is 2.96. The van der Waals surface area contributed by atoms with Crippen LogP contribution >= 0.6 is 0 Å². The molecular weight excluding hydrogens is 405 g/mol. The van der Waals surface area contributed by atoms with E-state index >= 15 is 0 Å². The molecule has 0 saturated carbocycles. The number of carboxylic acids is 1. The summed E-state index contributed by atoms with van der Waals surface area (Å²) < 4.78 is 5.71. The second-order valence-corrected chi connectivity index (χ2v) is 6.88. The fourth-order valence-corrected chi connectivity index (χ4v) is 2.96. The van der Waals surface area contributed by atoms with Crippen molar-refractivity contribution in [2.75, 3.05) is 11.9 Å². The molecule has 0 unspecified atom stereocenters. The summed E-state index contributed by atoms with van der Waals surface area (Å²) in [5.41, 5.74) is 2.01. The van der Waals surface area contributed by atoms with Gasteiger partial charge in [-0.05, 0) is 43.5 Å². The van der Waals surface area contributed by atoms with E-state index in [9.17, 15) is 14.7 Å². The van der Waals surface area contributed by atoms with Gasteiger partial charge in [0.1, 0.15) is 5.75 Å². The van der Waals surface area contributed by atoms with Crippen LogP contribution < -0.4 is 50.3 Å². The molecule has 7 nitrogen and oxygen atoms in total. The van der Waals surface area contributed by atoms with Crippen LogP contribution in [0, 0.1) is 0 Å². The average molecular weight is 429 g/mol.